The molecular formula is C16H28N2O7. The maximum absolute atomic E-state index is 11.7. The van der Waals surface area contributed by atoms with E-state index in [2.05, 4.69) is 4.74 Å². The first-order valence-corrected chi connectivity index (χ1v) is 8.51. The lowest BCUT2D eigenvalue weighted by Gasteiger charge is -2.19. The average molecular weight is 360 g/mol. The summed E-state index contributed by atoms with van der Waals surface area (Å²) in [6.45, 7) is 3.15. The Morgan fingerprint density at radius 3 is 1.36 bits per heavy atom. The summed E-state index contributed by atoms with van der Waals surface area (Å²) in [6, 6.07) is 0. The third-order valence-corrected chi connectivity index (χ3v) is 3.47. The van der Waals surface area contributed by atoms with Crippen LogP contribution in [-0.4, -0.2) is 70.3 Å². The zero-order chi connectivity index (χ0) is 19.2. The molecule has 0 aromatic carbocycles. The fourth-order valence-electron chi connectivity index (χ4n) is 2.09. The summed E-state index contributed by atoms with van der Waals surface area (Å²) in [4.78, 5) is 47.3. The summed E-state index contributed by atoms with van der Waals surface area (Å²) in [5.74, 6) is -2.02. The highest BCUT2D eigenvalue weighted by Crippen LogP contribution is 2.02. The van der Waals surface area contributed by atoms with Crippen molar-refractivity contribution in [2.75, 3.05) is 26.2 Å². The molecule has 2 N–H and O–H groups in total. The molecule has 0 aliphatic carbocycles. The number of carbonyl (C=O) groups is 4. The molecule has 0 heterocycles. The number of hydrogen-bond acceptors (Lipinski definition) is 5. The van der Waals surface area contributed by atoms with Crippen LogP contribution in [0.15, 0.2) is 0 Å². The molecule has 0 radical (unpaired) electrons. The minimum Gasteiger partial charge on any atom is -0.465 e. The first kappa shape index (κ1) is 22.7. The Kier molecular flexibility index (Phi) is 11.8. The molecule has 25 heavy (non-hydrogen) atoms. The van der Waals surface area contributed by atoms with Crippen molar-refractivity contribution in [2.45, 2.75) is 52.4 Å². The van der Waals surface area contributed by atoms with Crippen LogP contribution in [0.5, 0.6) is 0 Å². The van der Waals surface area contributed by atoms with Crippen molar-refractivity contribution < 1.29 is 34.1 Å². The SMILES string of the molecule is CCCCCN(CC(=O)OC(=O)CN(CCCCC)C(=O)O)C(=O)O. The van der Waals surface area contributed by atoms with Crippen LogP contribution in [0.1, 0.15) is 52.4 Å². The van der Waals surface area contributed by atoms with Gasteiger partial charge in [0.05, 0.1) is 0 Å². The highest BCUT2D eigenvalue weighted by Gasteiger charge is 2.22. The van der Waals surface area contributed by atoms with Crippen LogP contribution in [0.4, 0.5) is 9.59 Å². The van der Waals surface area contributed by atoms with Crippen molar-refractivity contribution in [1.82, 2.24) is 9.80 Å². The van der Waals surface area contributed by atoms with Crippen LogP contribution in [0.2, 0.25) is 0 Å². The fourth-order valence-corrected chi connectivity index (χ4v) is 2.09. The van der Waals surface area contributed by atoms with Gasteiger partial charge in [0.15, 0.2) is 0 Å². The molecule has 9 nitrogen and oxygen atoms in total. The lowest BCUT2D eigenvalue weighted by molar-refractivity contribution is -0.160. The molecule has 0 aromatic rings. The van der Waals surface area contributed by atoms with Crippen molar-refractivity contribution >= 4 is 24.1 Å². The van der Waals surface area contributed by atoms with Crippen molar-refractivity contribution in [3.8, 4) is 0 Å². The summed E-state index contributed by atoms with van der Waals surface area (Å²) in [5, 5.41) is 18.1. The Balaban J connectivity index is 4.42. The van der Waals surface area contributed by atoms with Gasteiger partial charge in [-0.1, -0.05) is 39.5 Å². The zero-order valence-corrected chi connectivity index (χ0v) is 14.9. The number of hydrogen-bond donors (Lipinski definition) is 2. The molecule has 2 amide bonds. The molecule has 0 unspecified atom stereocenters. The minimum absolute atomic E-state index is 0.171. The zero-order valence-electron chi connectivity index (χ0n) is 14.9. The van der Waals surface area contributed by atoms with E-state index in [-0.39, 0.29) is 13.1 Å². The van der Waals surface area contributed by atoms with Gasteiger partial charge in [-0.05, 0) is 12.8 Å². The van der Waals surface area contributed by atoms with Gasteiger partial charge >= 0.3 is 24.1 Å². The molecule has 0 bridgehead atoms. The third kappa shape index (κ3) is 11.0. The second kappa shape index (κ2) is 13.0. The van der Waals surface area contributed by atoms with Crippen LogP contribution in [0.25, 0.3) is 0 Å². The molecular weight excluding hydrogens is 332 g/mol. The first-order chi connectivity index (χ1) is 11.8. The predicted octanol–water partition coefficient (Wildman–Crippen LogP) is 2.40. The van der Waals surface area contributed by atoms with Crippen LogP contribution < -0.4 is 0 Å². The second-order valence-electron chi connectivity index (χ2n) is 5.67. The number of ether oxygens (including phenoxy) is 1. The molecule has 0 saturated heterocycles. The van der Waals surface area contributed by atoms with Gasteiger partial charge in [0.1, 0.15) is 13.1 Å². The van der Waals surface area contributed by atoms with Crippen LogP contribution >= 0.6 is 0 Å². The topological polar surface area (TPSA) is 124 Å². The molecule has 144 valence electrons. The van der Waals surface area contributed by atoms with E-state index in [0.717, 1.165) is 35.5 Å². The van der Waals surface area contributed by atoms with Crippen molar-refractivity contribution in [1.29, 1.82) is 0 Å². The van der Waals surface area contributed by atoms with Crippen LogP contribution in [0, 0.1) is 0 Å². The number of unbranched alkanes of at least 4 members (excludes halogenated alkanes) is 4. The normalized spacial score (nSPS) is 10.2. The lowest BCUT2D eigenvalue weighted by atomic mass is 10.2. The molecule has 9 heteroatoms. The summed E-state index contributed by atoms with van der Waals surface area (Å²) in [6.07, 6.45) is 2.12. The maximum atomic E-state index is 11.7. The second-order valence-corrected chi connectivity index (χ2v) is 5.67. The van der Waals surface area contributed by atoms with Gasteiger partial charge in [-0.2, -0.15) is 0 Å². The molecule has 0 fully saturated rings. The van der Waals surface area contributed by atoms with E-state index in [1.165, 1.54) is 0 Å². The van der Waals surface area contributed by atoms with E-state index in [9.17, 15) is 19.2 Å². The van der Waals surface area contributed by atoms with E-state index in [1.807, 2.05) is 13.8 Å². The Labute approximate surface area is 147 Å². The van der Waals surface area contributed by atoms with E-state index >= 15 is 0 Å². The molecule has 0 spiro atoms. The van der Waals surface area contributed by atoms with Crippen LogP contribution in [-0.2, 0) is 14.3 Å². The van der Waals surface area contributed by atoms with E-state index in [0.29, 0.717) is 12.8 Å². The molecule has 0 atom stereocenters. The monoisotopic (exact) mass is 360 g/mol. The predicted molar refractivity (Wildman–Crippen MR) is 89.3 cm³/mol. The molecule has 0 aliphatic rings. The van der Waals surface area contributed by atoms with Gasteiger partial charge in [-0.3, -0.25) is 9.80 Å². The number of carbonyl (C=O) groups excluding carboxylic acids is 2. The number of rotatable bonds is 12. The van der Waals surface area contributed by atoms with Crippen molar-refractivity contribution in [3.63, 3.8) is 0 Å². The van der Waals surface area contributed by atoms with E-state index in [4.69, 9.17) is 10.2 Å². The summed E-state index contributed by atoms with van der Waals surface area (Å²) < 4.78 is 4.54. The van der Waals surface area contributed by atoms with Gasteiger partial charge in [-0.25, -0.2) is 19.2 Å². The lowest BCUT2D eigenvalue weighted by Crippen LogP contribution is -2.40. The quantitative estimate of drug-likeness (QED) is 0.311. The van der Waals surface area contributed by atoms with Gasteiger partial charge in [0.25, 0.3) is 0 Å². The fraction of sp³-hybridized carbons (Fsp3) is 0.750. The van der Waals surface area contributed by atoms with Crippen molar-refractivity contribution in [3.05, 3.63) is 0 Å². The van der Waals surface area contributed by atoms with E-state index in [1.54, 1.807) is 0 Å². The molecule has 0 saturated carbocycles. The van der Waals surface area contributed by atoms with Crippen molar-refractivity contribution in [2.24, 2.45) is 0 Å². The Morgan fingerprint density at radius 1 is 0.720 bits per heavy atom. The maximum Gasteiger partial charge on any atom is 0.407 e. The van der Waals surface area contributed by atoms with Gasteiger partial charge in [0, 0.05) is 13.1 Å². The van der Waals surface area contributed by atoms with Gasteiger partial charge in [-0.15, -0.1) is 0 Å². The number of amides is 2. The minimum atomic E-state index is -1.27. The van der Waals surface area contributed by atoms with Crippen LogP contribution in [0.3, 0.4) is 0 Å². The highest BCUT2D eigenvalue weighted by atomic mass is 16.6. The highest BCUT2D eigenvalue weighted by molar-refractivity contribution is 5.89. The van der Waals surface area contributed by atoms with E-state index < -0.39 is 37.2 Å². The molecule has 0 aliphatic heterocycles. The smallest absolute Gasteiger partial charge is 0.407 e. The largest absolute Gasteiger partial charge is 0.465 e. The Hall–Kier alpha value is -2.32. The standard InChI is InChI=1S/C16H28N2O7/c1-3-5-7-9-17(15(21)22)11-13(19)25-14(20)12-18(16(23)24)10-8-6-4-2/h3-12H2,1-2H3,(H,21,22)(H,23,24). The van der Waals surface area contributed by atoms with Gasteiger partial charge in [0.2, 0.25) is 0 Å². The van der Waals surface area contributed by atoms with Gasteiger partial charge < -0.3 is 14.9 Å². The Morgan fingerprint density at radius 2 is 1.08 bits per heavy atom. The third-order valence-electron chi connectivity index (χ3n) is 3.47. The number of esters is 2. The summed E-state index contributed by atoms with van der Waals surface area (Å²) in [5.41, 5.74) is 0. The summed E-state index contributed by atoms with van der Waals surface area (Å²) in [7, 11) is 0. The average Bonchev–Trinajstić information content (AvgIpc) is 2.52. The number of carboxylic acid groups (broad SMARTS) is 2. The summed E-state index contributed by atoms with van der Waals surface area (Å²) >= 11 is 0. The Bertz CT molecular complexity index is 414. The first-order valence-electron chi connectivity index (χ1n) is 8.51. The number of nitrogens with zero attached hydrogens (tertiary/aromatic N) is 2. The molecule has 0 aromatic heterocycles. The molecule has 0 rings (SSSR count).